The average Bonchev–Trinajstić information content (AvgIpc) is 2.69. The molecule has 1 N–H and O–H groups in total. The topological polar surface area (TPSA) is 29.1 Å². The van der Waals surface area contributed by atoms with Crippen molar-refractivity contribution in [2.45, 2.75) is 78.6 Å². The van der Waals surface area contributed by atoms with Crippen LogP contribution in [0.15, 0.2) is 72.9 Å². The summed E-state index contributed by atoms with van der Waals surface area (Å²) in [4.78, 5) is 11.6. The summed E-state index contributed by atoms with van der Waals surface area (Å²) >= 11 is 0. The van der Waals surface area contributed by atoms with E-state index in [1.54, 1.807) is 0 Å². The molecule has 0 saturated heterocycles. The summed E-state index contributed by atoms with van der Waals surface area (Å²) in [6.07, 6.45) is 34.8. The summed E-state index contributed by atoms with van der Waals surface area (Å²) in [5, 5.41) is 2.97. The molecule has 0 aromatic carbocycles. The molecule has 0 aromatic heterocycles. The summed E-state index contributed by atoms with van der Waals surface area (Å²) in [6, 6.07) is 0. The summed E-state index contributed by atoms with van der Waals surface area (Å²) in [7, 11) is 0. The van der Waals surface area contributed by atoms with Gasteiger partial charge in [-0.3, -0.25) is 4.79 Å². The molecule has 162 valence electrons. The maximum Gasteiger partial charge on any atom is 0.220 e. The van der Waals surface area contributed by atoms with Crippen LogP contribution in [0.4, 0.5) is 0 Å². The van der Waals surface area contributed by atoms with Crippen LogP contribution in [0.2, 0.25) is 0 Å². The van der Waals surface area contributed by atoms with Crippen LogP contribution >= 0.6 is 0 Å². The van der Waals surface area contributed by atoms with Gasteiger partial charge in [-0.15, -0.1) is 0 Å². The lowest BCUT2D eigenvalue weighted by atomic mass is 10.1. The van der Waals surface area contributed by atoms with Crippen molar-refractivity contribution in [3.8, 4) is 0 Å². The molecule has 0 unspecified atom stereocenters. The second-order valence-corrected chi connectivity index (χ2v) is 7.49. The van der Waals surface area contributed by atoms with Crippen LogP contribution in [0.3, 0.4) is 0 Å². The Morgan fingerprint density at radius 1 is 0.690 bits per heavy atom. The molecule has 2 nitrogen and oxygen atoms in total. The van der Waals surface area contributed by atoms with Gasteiger partial charge in [0.05, 0.1) is 0 Å². The van der Waals surface area contributed by atoms with E-state index in [0.717, 1.165) is 57.9 Å². The Morgan fingerprint density at radius 3 is 1.52 bits per heavy atom. The Bertz CT molecular complexity index is 547. The highest BCUT2D eigenvalue weighted by molar-refractivity contribution is 5.75. The largest absolute Gasteiger partial charge is 0.356 e. The number of carbonyl (C=O) groups excluding carboxylic acids is 1. The molecule has 0 aliphatic heterocycles. The molecule has 0 aromatic rings. The Kier molecular flexibility index (Phi) is 20.6. The van der Waals surface area contributed by atoms with Gasteiger partial charge in [-0.1, -0.05) is 93.7 Å². The van der Waals surface area contributed by atoms with Crippen molar-refractivity contribution in [2.24, 2.45) is 5.92 Å². The second kappa shape index (κ2) is 22.2. The van der Waals surface area contributed by atoms with E-state index in [9.17, 15) is 4.79 Å². The molecule has 0 aliphatic rings. The number of rotatable bonds is 17. The van der Waals surface area contributed by atoms with Crippen molar-refractivity contribution in [1.82, 2.24) is 5.32 Å². The highest BCUT2D eigenvalue weighted by atomic mass is 16.1. The summed E-state index contributed by atoms with van der Waals surface area (Å²) < 4.78 is 0. The van der Waals surface area contributed by atoms with Crippen molar-refractivity contribution in [3.05, 3.63) is 72.9 Å². The molecule has 0 fully saturated rings. The quantitative estimate of drug-likeness (QED) is 0.251. The van der Waals surface area contributed by atoms with Gasteiger partial charge in [-0.2, -0.15) is 0 Å². The number of hydrogen-bond donors (Lipinski definition) is 1. The zero-order chi connectivity index (χ0) is 21.4. The van der Waals surface area contributed by atoms with E-state index in [0.29, 0.717) is 12.3 Å². The first-order valence-electron chi connectivity index (χ1n) is 11.3. The minimum Gasteiger partial charge on any atom is -0.356 e. The van der Waals surface area contributed by atoms with Gasteiger partial charge in [0.15, 0.2) is 0 Å². The minimum atomic E-state index is 0.158. The van der Waals surface area contributed by atoms with Gasteiger partial charge in [0.1, 0.15) is 0 Å². The molecule has 0 saturated carbocycles. The van der Waals surface area contributed by atoms with Gasteiger partial charge < -0.3 is 5.32 Å². The second-order valence-electron chi connectivity index (χ2n) is 7.49. The molecule has 0 rings (SSSR count). The Balaban J connectivity index is 3.56. The maximum atomic E-state index is 11.6. The summed E-state index contributed by atoms with van der Waals surface area (Å²) in [5.74, 6) is 0.795. The molecule has 0 spiro atoms. The summed E-state index contributed by atoms with van der Waals surface area (Å²) in [6.45, 7) is 7.29. The van der Waals surface area contributed by atoms with Crippen molar-refractivity contribution >= 4 is 5.91 Å². The number of amides is 1. The molecular weight excluding hydrogens is 354 g/mol. The fraction of sp³-hybridized carbons (Fsp3) is 0.519. The van der Waals surface area contributed by atoms with Crippen molar-refractivity contribution in [3.63, 3.8) is 0 Å². The van der Waals surface area contributed by atoms with E-state index < -0.39 is 0 Å². The van der Waals surface area contributed by atoms with Gasteiger partial charge in [-0.25, -0.2) is 0 Å². The molecule has 0 heterocycles. The van der Waals surface area contributed by atoms with Crippen LogP contribution < -0.4 is 5.32 Å². The minimum absolute atomic E-state index is 0.158. The van der Waals surface area contributed by atoms with Crippen LogP contribution in [0, 0.1) is 5.92 Å². The van der Waals surface area contributed by atoms with Gasteiger partial charge in [0, 0.05) is 13.0 Å². The fourth-order valence-electron chi connectivity index (χ4n) is 2.44. The SMILES string of the molecule is CCC=CCC=CCC=CCC=CCC=CCC=CCCC(=O)NCCC(C)C. The third kappa shape index (κ3) is 23.9. The third-order valence-electron chi connectivity index (χ3n) is 4.18. The highest BCUT2D eigenvalue weighted by Gasteiger charge is 1.99. The smallest absolute Gasteiger partial charge is 0.220 e. The van der Waals surface area contributed by atoms with Crippen LogP contribution in [-0.4, -0.2) is 12.5 Å². The number of nitrogens with one attached hydrogen (secondary N) is 1. The lowest BCUT2D eigenvalue weighted by molar-refractivity contribution is -0.121. The Morgan fingerprint density at radius 2 is 1.10 bits per heavy atom. The van der Waals surface area contributed by atoms with E-state index in [1.807, 2.05) is 0 Å². The van der Waals surface area contributed by atoms with Crippen molar-refractivity contribution in [2.75, 3.05) is 6.54 Å². The molecule has 1 amide bonds. The van der Waals surface area contributed by atoms with Gasteiger partial charge in [0.2, 0.25) is 5.91 Å². The van der Waals surface area contributed by atoms with E-state index in [1.165, 1.54) is 0 Å². The Labute approximate surface area is 180 Å². The standard InChI is InChI=1S/C27H43NO/c1-4-5-6-7-8-9-10-11-12-13-14-15-16-17-18-19-20-21-22-23-27(29)28-25-24-26(2)3/h5-6,8-9,11-12,14-15,17-18,20-21,26H,4,7,10,13,16,19,22-25H2,1-3H3,(H,28,29). The fourth-order valence-corrected chi connectivity index (χ4v) is 2.44. The van der Waals surface area contributed by atoms with Gasteiger partial charge in [0.25, 0.3) is 0 Å². The van der Waals surface area contributed by atoms with Gasteiger partial charge in [-0.05, 0) is 57.3 Å². The lowest BCUT2D eigenvalue weighted by Gasteiger charge is -2.05. The summed E-state index contributed by atoms with van der Waals surface area (Å²) in [5.41, 5.74) is 0. The van der Waals surface area contributed by atoms with E-state index in [-0.39, 0.29) is 5.91 Å². The first-order valence-corrected chi connectivity index (χ1v) is 11.3. The third-order valence-corrected chi connectivity index (χ3v) is 4.18. The van der Waals surface area contributed by atoms with Crippen LogP contribution in [0.25, 0.3) is 0 Å². The molecular formula is C27H43NO. The maximum absolute atomic E-state index is 11.6. The average molecular weight is 398 g/mol. The molecule has 0 aliphatic carbocycles. The lowest BCUT2D eigenvalue weighted by Crippen LogP contribution is -2.24. The van der Waals surface area contributed by atoms with E-state index in [2.05, 4.69) is 99.0 Å². The molecule has 0 radical (unpaired) electrons. The van der Waals surface area contributed by atoms with E-state index in [4.69, 9.17) is 0 Å². The van der Waals surface area contributed by atoms with Crippen LogP contribution in [0.1, 0.15) is 78.6 Å². The molecule has 0 bridgehead atoms. The van der Waals surface area contributed by atoms with Gasteiger partial charge >= 0.3 is 0 Å². The number of hydrogen-bond acceptors (Lipinski definition) is 1. The predicted octanol–water partition coefficient (Wildman–Crippen LogP) is 7.63. The highest BCUT2D eigenvalue weighted by Crippen LogP contribution is 1.99. The number of carbonyl (C=O) groups is 1. The molecule has 2 heteroatoms. The van der Waals surface area contributed by atoms with Crippen LogP contribution in [0.5, 0.6) is 0 Å². The first kappa shape index (κ1) is 26.9. The Hall–Kier alpha value is -2.09. The molecule has 0 atom stereocenters. The van der Waals surface area contributed by atoms with Crippen LogP contribution in [-0.2, 0) is 4.79 Å². The van der Waals surface area contributed by atoms with E-state index >= 15 is 0 Å². The normalized spacial score (nSPS) is 13.0. The zero-order valence-corrected chi connectivity index (χ0v) is 19.0. The monoisotopic (exact) mass is 397 g/mol. The van der Waals surface area contributed by atoms with Crippen molar-refractivity contribution in [1.29, 1.82) is 0 Å². The first-order chi connectivity index (χ1) is 14.2. The number of allylic oxidation sites excluding steroid dienone is 12. The van der Waals surface area contributed by atoms with Crippen molar-refractivity contribution < 1.29 is 4.79 Å². The zero-order valence-electron chi connectivity index (χ0n) is 19.0. The molecule has 29 heavy (non-hydrogen) atoms. The predicted molar refractivity (Wildman–Crippen MR) is 130 cm³/mol.